The summed E-state index contributed by atoms with van der Waals surface area (Å²) in [5.74, 6) is 0.208. The van der Waals surface area contributed by atoms with Crippen LogP contribution in [0.3, 0.4) is 0 Å². The number of imidazole rings is 1. The highest BCUT2D eigenvalue weighted by atomic mass is 16.2. The molecule has 4 heteroatoms. The average molecular weight is 219 g/mol. The summed E-state index contributed by atoms with van der Waals surface area (Å²) in [6.45, 7) is 10.0. The van der Waals surface area contributed by atoms with Crippen molar-refractivity contribution in [2.75, 3.05) is 6.54 Å². The molecule has 16 heavy (non-hydrogen) atoms. The zero-order valence-electron chi connectivity index (χ0n) is 9.59. The van der Waals surface area contributed by atoms with E-state index in [1.165, 1.54) is 0 Å². The van der Waals surface area contributed by atoms with Crippen LogP contribution in [0.5, 0.6) is 0 Å². The summed E-state index contributed by atoms with van der Waals surface area (Å²) in [6, 6.07) is 0. The maximum absolute atomic E-state index is 10.7. The SMILES string of the molecule is C=C(C)n1ccnc1.C=CN1CCCC1=O. The molecule has 0 atom stereocenters. The zero-order valence-corrected chi connectivity index (χ0v) is 9.59. The van der Waals surface area contributed by atoms with E-state index >= 15 is 0 Å². The van der Waals surface area contributed by atoms with Crippen molar-refractivity contribution < 1.29 is 4.79 Å². The summed E-state index contributed by atoms with van der Waals surface area (Å²) in [7, 11) is 0. The summed E-state index contributed by atoms with van der Waals surface area (Å²) >= 11 is 0. The van der Waals surface area contributed by atoms with Crippen LogP contribution in [-0.2, 0) is 4.79 Å². The standard InChI is InChI=1S/C6H8N2.C6H9NO/c1-6(2)8-4-3-7-5-8;1-2-7-5-3-4-6(7)8/h3-5H,1H2,2H3;2H,1,3-5H2. The topological polar surface area (TPSA) is 38.1 Å². The molecular formula is C12H17N3O. The van der Waals surface area contributed by atoms with Gasteiger partial charge in [0.25, 0.3) is 0 Å². The molecule has 0 radical (unpaired) electrons. The lowest BCUT2D eigenvalue weighted by atomic mass is 10.4. The summed E-state index contributed by atoms with van der Waals surface area (Å²) in [5, 5.41) is 0. The van der Waals surface area contributed by atoms with Crippen molar-refractivity contribution in [1.82, 2.24) is 14.5 Å². The lowest BCUT2D eigenvalue weighted by Crippen LogP contribution is -2.16. The van der Waals surface area contributed by atoms with Crippen molar-refractivity contribution in [3.05, 3.63) is 38.1 Å². The van der Waals surface area contributed by atoms with E-state index in [-0.39, 0.29) is 5.91 Å². The van der Waals surface area contributed by atoms with E-state index in [0.29, 0.717) is 6.42 Å². The van der Waals surface area contributed by atoms with Crippen LogP contribution in [0.25, 0.3) is 5.70 Å². The van der Waals surface area contributed by atoms with E-state index in [0.717, 1.165) is 18.7 Å². The molecule has 2 rings (SSSR count). The van der Waals surface area contributed by atoms with Crippen molar-refractivity contribution >= 4 is 11.6 Å². The van der Waals surface area contributed by atoms with Crippen molar-refractivity contribution in [1.29, 1.82) is 0 Å². The van der Waals surface area contributed by atoms with Crippen LogP contribution >= 0.6 is 0 Å². The minimum Gasteiger partial charge on any atom is -0.320 e. The second-order valence-electron chi connectivity index (χ2n) is 3.58. The van der Waals surface area contributed by atoms with Gasteiger partial charge in [-0.3, -0.25) is 4.79 Å². The number of hydrogen-bond acceptors (Lipinski definition) is 2. The van der Waals surface area contributed by atoms with Crippen LogP contribution in [0.2, 0.25) is 0 Å². The van der Waals surface area contributed by atoms with Gasteiger partial charge in [-0.05, 0) is 19.5 Å². The molecule has 0 bridgehead atoms. The van der Waals surface area contributed by atoms with Gasteiger partial charge < -0.3 is 9.47 Å². The summed E-state index contributed by atoms with van der Waals surface area (Å²) in [4.78, 5) is 16.2. The predicted octanol–water partition coefficient (Wildman–Crippen LogP) is 2.13. The Labute approximate surface area is 95.9 Å². The molecule has 0 spiro atoms. The van der Waals surface area contributed by atoms with E-state index in [1.807, 2.05) is 17.7 Å². The molecule has 1 fully saturated rings. The Morgan fingerprint density at radius 2 is 2.38 bits per heavy atom. The minimum atomic E-state index is 0.208. The van der Waals surface area contributed by atoms with Crippen molar-refractivity contribution in [3.8, 4) is 0 Å². The summed E-state index contributed by atoms with van der Waals surface area (Å²) in [6.07, 6.45) is 8.60. The van der Waals surface area contributed by atoms with Gasteiger partial charge in [0.1, 0.15) is 0 Å². The number of carbonyl (C=O) groups is 1. The Kier molecular flexibility index (Phi) is 4.51. The number of nitrogens with zero attached hydrogens (tertiary/aromatic N) is 3. The minimum absolute atomic E-state index is 0.208. The van der Waals surface area contributed by atoms with Crippen LogP contribution in [0.1, 0.15) is 19.8 Å². The van der Waals surface area contributed by atoms with Gasteiger partial charge in [0, 0.05) is 31.1 Å². The number of likely N-dealkylation sites (tertiary alicyclic amines) is 1. The largest absolute Gasteiger partial charge is 0.320 e. The monoisotopic (exact) mass is 219 g/mol. The third-order valence-corrected chi connectivity index (χ3v) is 2.28. The molecule has 0 N–H and O–H groups in total. The van der Waals surface area contributed by atoms with Crippen molar-refractivity contribution in [3.63, 3.8) is 0 Å². The molecule has 4 nitrogen and oxygen atoms in total. The van der Waals surface area contributed by atoms with Crippen LogP contribution in [0.4, 0.5) is 0 Å². The molecule has 0 aromatic carbocycles. The van der Waals surface area contributed by atoms with E-state index in [9.17, 15) is 4.79 Å². The molecule has 86 valence electrons. The fourth-order valence-electron chi connectivity index (χ4n) is 1.35. The van der Waals surface area contributed by atoms with Gasteiger partial charge in [0.05, 0.1) is 6.33 Å². The summed E-state index contributed by atoms with van der Waals surface area (Å²) < 4.78 is 1.86. The Balaban J connectivity index is 0.000000160. The van der Waals surface area contributed by atoms with E-state index in [1.54, 1.807) is 23.6 Å². The van der Waals surface area contributed by atoms with Crippen LogP contribution in [-0.4, -0.2) is 26.9 Å². The second-order valence-corrected chi connectivity index (χ2v) is 3.58. The van der Waals surface area contributed by atoms with E-state index in [2.05, 4.69) is 18.1 Å². The third-order valence-electron chi connectivity index (χ3n) is 2.28. The van der Waals surface area contributed by atoms with Crippen molar-refractivity contribution in [2.24, 2.45) is 0 Å². The number of rotatable bonds is 2. The lowest BCUT2D eigenvalue weighted by Gasteiger charge is -2.05. The maximum atomic E-state index is 10.7. The van der Waals surface area contributed by atoms with Crippen molar-refractivity contribution in [2.45, 2.75) is 19.8 Å². The molecular weight excluding hydrogens is 202 g/mol. The number of aromatic nitrogens is 2. The number of allylic oxidation sites excluding steroid dienone is 1. The molecule has 0 aliphatic carbocycles. The third kappa shape index (κ3) is 3.38. The Morgan fingerprint density at radius 1 is 1.62 bits per heavy atom. The Hall–Kier alpha value is -1.84. The fourth-order valence-corrected chi connectivity index (χ4v) is 1.35. The normalized spacial score (nSPS) is 14.3. The van der Waals surface area contributed by atoms with Gasteiger partial charge in [-0.15, -0.1) is 0 Å². The molecule has 1 aromatic heterocycles. The van der Waals surface area contributed by atoms with E-state index < -0.39 is 0 Å². The number of hydrogen-bond donors (Lipinski definition) is 0. The van der Waals surface area contributed by atoms with Crippen LogP contribution < -0.4 is 0 Å². The molecule has 1 aliphatic heterocycles. The van der Waals surface area contributed by atoms with Gasteiger partial charge in [0.2, 0.25) is 5.91 Å². The first-order valence-electron chi connectivity index (χ1n) is 5.21. The first-order chi connectivity index (χ1) is 7.65. The fraction of sp³-hybridized carbons (Fsp3) is 0.333. The number of amides is 1. The molecule has 1 amide bonds. The smallest absolute Gasteiger partial charge is 0.226 e. The average Bonchev–Trinajstić information content (AvgIpc) is 2.88. The van der Waals surface area contributed by atoms with Gasteiger partial charge in [-0.2, -0.15) is 0 Å². The van der Waals surface area contributed by atoms with Gasteiger partial charge in [0.15, 0.2) is 0 Å². The molecule has 1 aliphatic rings. The molecule has 0 saturated carbocycles. The number of carbonyl (C=O) groups excluding carboxylic acids is 1. The highest BCUT2D eigenvalue weighted by Crippen LogP contribution is 2.08. The van der Waals surface area contributed by atoms with Gasteiger partial charge in [-0.25, -0.2) is 4.98 Å². The van der Waals surface area contributed by atoms with E-state index in [4.69, 9.17) is 0 Å². The lowest BCUT2D eigenvalue weighted by molar-refractivity contribution is -0.125. The first kappa shape index (κ1) is 12.2. The quantitative estimate of drug-likeness (QED) is 0.764. The van der Waals surface area contributed by atoms with Crippen LogP contribution in [0, 0.1) is 0 Å². The molecule has 1 aromatic rings. The second kappa shape index (κ2) is 5.90. The Bertz CT molecular complexity index is 368. The molecule has 0 unspecified atom stereocenters. The zero-order chi connectivity index (χ0) is 12.0. The predicted molar refractivity (Wildman–Crippen MR) is 64.4 cm³/mol. The highest BCUT2D eigenvalue weighted by Gasteiger charge is 2.15. The molecule has 1 saturated heterocycles. The maximum Gasteiger partial charge on any atom is 0.226 e. The first-order valence-corrected chi connectivity index (χ1v) is 5.21. The Morgan fingerprint density at radius 3 is 2.62 bits per heavy atom. The van der Waals surface area contributed by atoms with Gasteiger partial charge >= 0.3 is 0 Å². The van der Waals surface area contributed by atoms with Crippen LogP contribution in [0.15, 0.2) is 38.1 Å². The van der Waals surface area contributed by atoms with Gasteiger partial charge in [-0.1, -0.05) is 13.2 Å². The summed E-state index contributed by atoms with van der Waals surface area (Å²) in [5.41, 5.74) is 0.988. The molecule has 2 heterocycles. The highest BCUT2D eigenvalue weighted by molar-refractivity contribution is 5.78.